The summed E-state index contributed by atoms with van der Waals surface area (Å²) in [6, 6.07) is 2.14. The molecule has 1 saturated heterocycles. The van der Waals surface area contributed by atoms with Crippen molar-refractivity contribution in [3.63, 3.8) is 0 Å². The van der Waals surface area contributed by atoms with Gasteiger partial charge in [0.15, 0.2) is 0 Å². The monoisotopic (exact) mass is 304 g/mol. The summed E-state index contributed by atoms with van der Waals surface area (Å²) in [4.78, 5) is 12.9. The number of aryl methyl sites for hydroxylation is 1. The van der Waals surface area contributed by atoms with Crippen LogP contribution in [-0.2, 0) is 30.7 Å². The van der Waals surface area contributed by atoms with Gasteiger partial charge in [0.05, 0.1) is 12.6 Å². The molecule has 1 aromatic heterocycles. The molecule has 1 unspecified atom stereocenters. The molecule has 4 nitrogen and oxygen atoms in total. The van der Waals surface area contributed by atoms with E-state index in [0.29, 0.717) is 12.5 Å². The molecule has 1 aliphatic carbocycles. The highest BCUT2D eigenvalue weighted by atomic mass is 16.5. The van der Waals surface area contributed by atoms with Crippen molar-refractivity contribution in [1.29, 1.82) is 0 Å². The molecular weight excluding hydrogens is 276 g/mol. The van der Waals surface area contributed by atoms with Crippen LogP contribution >= 0.6 is 0 Å². The fraction of sp³-hybridized carbons (Fsp3) is 0.722. The molecule has 0 spiro atoms. The van der Waals surface area contributed by atoms with Crippen LogP contribution < -0.4 is 10.9 Å². The van der Waals surface area contributed by atoms with Gasteiger partial charge in [-0.15, -0.1) is 0 Å². The quantitative estimate of drug-likeness (QED) is 0.877. The lowest BCUT2D eigenvalue weighted by Gasteiger charge is -2.18. The zero-order chi connectivity index (χ0) is 15.5. The minimum absolute atomic E-state index is 0.187. The third-order valence-electron chi connectivity index (χ3n) is 4.70. The maximum atomic E-state index is 12.9. The standard InChI is InChI=1S/C18H28N2O2/c1-13(2)10-19-11-15-9-14-5-3-7-17(14)20(18(15)21)12-16-6-4-8-22-16/h9,13,16,19H,3-8,10-12H2,1-2H3. The normalized spacial score (nSPS) is 20.8. The molecule has 2 aliphatic rings. The third-order valence-corrected chi connectivity index (χ3v) is 4.70. The first-order chi connectivity index (χ1) is 10.6. The van der Waals surface area contributed by atoms with Crippen LogP contribution in [0.3, 0.4) is 0 Å². The second-order valence-corrected chi connectivity index (χ2v) is 7.07. The van der Waals surface area contributed by atoms with Crippen LogP contribution in [0.15, 0.2) is 10.9 Å². The summed E-state index contributed by atoms with van der Waals surface area (Å²) >= 11 is 0. The Bertz CT molecular complexity index is 571. The lowest BCUT2D eigenvalue weighted by Crippen LogP contribution is -2.33. The van der Waals surface area contributed by atoms with Gasteiger partial charge in [-0.3, -0.25) is 4.79 Å². The van der Waals surface area contributed by atoms with E-state index in [1.165, 1.54) is 17.7 Å². The number of rotatable bonds is 6. The molecule has 1 atom stereocenters. The van der Waals surface area contributed by atoms with E-state index < -0.39 is 0 Å². The Balaban J connectivity index is 1.83. The average Bonchev–Trinajstić information content (AvgIpc) is 3.13. The molecule has 4 heteroatoms. The summed E-state index contributed by atoms with van der Waals surface area (Å²) in [5, 5.41) is 3.41. The van der Waals surface area contributed by atoms with Crippen LogP contribution in [0.1, 0.15) is 49.9 Å². The highest BCUT2D eigenvalue weighted by Gasteiger charge is 2.23. The van der Waals surface area contributed by atoms with Gasteiger partial charge in [0.25, 0.3) is 5.56 Å². The molecule has 1 N–H and O–H groups in total. The van der Waals surface area contributed by atoms with Gasteiger partial charge in [0, 0.05) is 24.4 Å². The number of nitrogens with zero attached hydrogens (tertiary/aromatic N) is 1. The largest absolute Gasteiger partial charge is 0.376 e. The number of fused-ring (bicyclic) bond motifs is 1. The fourth-order valence-electron chi connectivity index (χ4n) is 3.59. The zero-order valence-electron chi connectivity index (χ0n) is 13.9. The first kappa shape index (κ1) is 15.8. The van der Waals surface area contributed by atoms with E-state index in [1.54, 1.807) is 0 Å². The molecule has 1 fully saturated rings. The molecular formula is C18H28N2O2. The topological polar surface area (TPSA) is 43.3 Å². The Hall–Kier alpha value is -1.13. The van der Waals surface area contributed by atoms with Gasteiger partial charge in [0.2, 0.25) is 0 Å². The molecule has 22 heavy (non-hydrogen) atoms. The lowest BCUT2D eigenvalue weighted by atomic mass is 10.1. The number of hydrogen-bond acceptors (Lipinski definition) is 3. The van der Waals surface area contributed by atoms with E-state index in [1.807, 2.05) is 4.57 Å². The van der Waals surface area contributed by atoms with E-state index in [-0.39, 0.29) is 11.7 Å². The highest BCUT2D eigenvalue weighted by molar-refractivity contribution is 5.30. The van der Waals surface area contributed by atoms with Crippen LogP contribution in [0.25, 0.3) is 0 Å². The lowest BCUT2D eigenvalue weighted by molar-refractivity contribution is 0.0954. The Labute approximate surface area is 132 Å². The maximum Gasteiger partial charge on any atom is 0.255 e. The predicted octanol–water partition coefficient (Wildman–Crippen LogP) is 2.26. The van der Waals surface area contributed by atoms with Crippen LogP contribution in [0, 0.1) is 5.92 Å². The summed E-state index contributed by atoms with van der Waals surface area (Å²) in [7, 11) is 0. The molecule has 2 heterocycles. The fourth-order valence-corrected chi connectivity index (χ4v) is 3.59. The average molecular weight is 304 g/mol. The Morgan fingerprint density at radius 3 is 2.95 bits per heavy atom. The molecule has 0 radical (unpaired) electrons. The number of hydrogen-bond donors (Lipinski definition) is 1. The van der Waals surface area contributed by atoms with Crippen molar-refractivity contribution in [2.24, 2.45) is 5.92 Å². The van der Waals surface area contributed by atoms with Crippen molar-refractivity contribution in [3.8, 4) is 0 Å². The first-order valence-electron chi connectivity index (χ1n) is 8.72. The zero-order valence-corrected chi connectivity index (χ0v) is 13.9. The minimum Gasteiger partial charge on any atom is -0.376 e. The molecule has 0 bridgehead atoms. The smallest absolute Gasteiger partial charge is 0.255 e. The van der Waals surface area contributed by atoms with Gasteiger partial charge in [-0.2, -0.15) is 0 Å². The maximum absolute atomic E-state index is 12.9. The number of aromatic nitrogens is 1. The van der Waals surface area contributed by atoms with E-state index >= 15 is 0 Å². The molecule has 1 aliphatic heterocycles. The number of ether oxygens (including phenoxy) is 1. The molecule has 122 valence electrons. The van der Waals surface area contributed by atoms with Gasteiger partial charge in [-0.05, 0) is 56.2 Å². The van der Waals surface area contributed by atoms with Crippen LogP contribution in [-0.4, -0.2) is 23.8 Å². The highest BCUT2D eigenvalue weighted by Crippen LogP contribution is 2.23. The Morgan fingerprint density at radius 1 is 1.36 bits per heavy atom. The van der Waals surface area contributed by atoms with Gasteiger partial charge in [0.1, 0.15) is 0 Å². The van der Waals surface area contributed by atoms with Crippen molar-refractivity contribution in [2.75, 3.05) is 13.2 Å². The first-order valence-corrected chi connectivity index (χ1v) is 8.72. The minimum atomic E-state index is 0.187. The molecule has 3 rings (SSSR count). The van der Waals surface area contributed by atoms with Gasteiger partial charge < -0.3 is 14.6 Å². The van der Waals surface area contributed by atoms with E-state index in [2.05, 4.69) is 25.2 Å². The van der Waals surface area contributed by atoms with Crippen molar-refractivity contribution in [3.05, 3.63) is 33.2 Å². The van der Waals surface area contributed by atoms with E-state index in [9.17, 15) is 4.79 Å². The summed E-state index contributed by atoms with van der Waals surface area (Å²) < 4.78 is 7.77. The molecule has 1 aromatic rings. The molecule has 0 saturated carbocycles. The predicted molar refractivity (Wildman–Crippen MR) is 88.2 cm³/mol. The van der Waals surface area contributed by atoms with Crippen molar-refractivity contribution in [1.82, 2.24) is 9.88 Å². The molecule has 0 amide bonds. The van der Waals surface area contributed by atoms with Crippen molar-refractivity contribution < 1.29 is 4.74 Å². The number of pyridine rings is 1. The second-order valence-electron chi connectivity index (χ2n) is 7.07. The summed E-state index contributed by atoms with van der Waals surface area (Å²) in [5.41, 5.74) is 3.73. The van der Waals surface area contributed by atoms with Crippen molar-refractivity contribution in [2.45, 2.75) is 65.1 Å². The summed E-state index contributed by atoms with van der Waals surface area (Å²) in [5.74, 6) is 0.601. The van der Waals surface area contributed by atoms with Crippen LogP contribution in [0.2, 0.25) is 0 Å². The van der Waals surface area contributed by atoms with E-state index in [0.717, 1.165) is 50.9 Å². The van der Waals surface area contributed by atoms with Gasteiger partial charge in [-0.25, -0.2) is 0 Å². The summed E-state index contributed by atoms with van der Waals surface area (Å²) in [6.45, 7) is 7.57. The third kappa shape index (κ3) is 3.44. The SMILES string of the molecule is CC(C)CNCc1cc2c(n(CC3CCCO3)c1=O)CCC2. The number of nitrogens with one attached hydrogen (secondary N) is 1. The Kier molecular flexibility index (Phi) is 4.99. The van der Waals surface area contributed by atoms with E-state index in [4.69, 9.17) is 4.74 Å². The van der Waals surface area contributed by atoms with Gasteiger partial charge in [-0.1, -0.05) is 13.8 Å². The second kappa shape index (κ2) is 6.97. The van der Waals surface area contributed by atoms with Crippen LogP contribution in [0.5, 0.6) is 0 Å². The van der Waals surface area contributed by atoms with Crippen LogP contribution in [0.4, 0.5) is 0 Å². The Morgan fingerprint density at radius 2 is 2.23 bits per heavy atom. The van der Waals surface area contributed by atoms with Crippen molar-refractivity contribution >= 4 is 0 Å². The summed E-state index contributed by atoms with van der Waals surface area (Å²) in [6.07, 6.45) is 5.74. The van der Waals surface area contributed by atoms with Gasteiger partial charge >= 0.3 is 0 Å². The molecule has 0 aromatic carbocycles.